The quantitative estimate of drug-likeness (QED) is 0.220. The Morgan fingerprint density at radius 1 is 1.10 bits per heavy atom. The van der Waals surface area contributed by atoms with Crippen LogP contribution in [-0.2, 0) is 19.1 Å². The first-order chi connectivity index (χ1) is 18.5. The Balaban J connectivity index is 1.61. The minimum absolute atomic E-state index is 0.154. The fourth-order valence-electron chi connectivity index (χ4n) is 5.20. The van der Waals surface area contributed by atoms with Crippen LogP contribution in [0.4, 0.5) is 13.2 Å². The maximum Gasteiger partial charge on any atom is 0.418 e. The Kier molecular flexibility index (Phi) is 8.91. The molecule has 11 heteroatoms. The van der Waals surface area contributed by atoms with Crippen molar-refractivity contribution in [3.63, 3.8) is 0 Å². The highest BCUT2D eigenvalue weighted by Gasteiger charge is 2.35. The number of pyridine rings is 1. The van der Waals surface area contributed by atoms with Crippen molar-refractivity contribution in [3.05, 3.63) is 69.9 Å². The van der Waals surface area contributed by atoms with E-state index in [1.807, 2.05) is 24.1 Å². The molecule has 3 heterocycles. The van der Waals surface area contributed by atoms with Crippen molar-refractivity contribution in [3.8, 4) is 5.69 Å². The second kappa shape index (κ2) is 12.2. The minimum atomic E-state index is -4.59. The number of hydrogen-bond donors (Lipinski definition) is 0. The zero-order valence-corrected chi connectivity index (χ0v) is 22.7. The number of aromatic nitrogens is 2. The average Bonchev–Trinajstić information content (AvgIpc) is 3.22. The van der Waals surface area contributed by atoms with Gasteiger partial charge in [-0.05, 0) is 81.7 Å². The lowest BCUT2D eigenvalue weighted by atomic mass is 9.96. The number of rotatable bonds is 10. The number of nitrogens with zero attached hydrogens (tertiary/aromatic N) is 7. The van der Waals surface area contributed by atoms with Gasteiger partial charge in [-0.15, -0.1) is 5.10 Å². The molecule has 0 amide bonds. The molecular weight excluding hydrogens is 507 g/mol. The Bertz CT molecular complexity index is 1370. The molecule has 0 unspecified atom stereocenters. The first-order valence-electron chi connectivity index (χ1n) is 13.0. The summed E-state index contributed by atoms with van der Waals surface area (Å²) in [5, 5.41) is 7.18. The van der Waals surface area contributed by atoms with Crippen molar-refractivity contribution in [2.24, 2.45) is 16.1 Å². The largest absolute Gasteiger partial charge is 0.418 e. The second-order valence-electron chi connectivity index (χ2n) is 10.6. The molecular formula is C28H36F3N7O. The van der Waals surface area contributed by atoms with Crippen LogP contribution in [-0.4, -0.2) is 84.0 Å². The molecule has 39 heavy (non-hydrogen) atoms. The van der Waals surface area contributed by atoms with Crippen LogP contribution in [0.1, 0.15) is 29.5 Å². The summed E-state index contributed by atoms with van der Waals surface area (Å²) in [7, 11) is 5.96. The Labute approximate surface area is 226 Å². The van der Waals surface area contributed by atoms with Crippen molar-refractivity contribution in [1.82, 2.24) is 23.7 Å². The van der Waals surface area contributed by atoms with Crippen LogP contribution in [0.2, 0.25) is 0 Å². The van der Waals surface area contributed by atoms with E-state index in [4.69, 9.17) is 0 Å². The second-order valence-corrected chi connectivity index (χ2v) is 10.6. The predicted molar refractivity (Wildman–Crippen MR) is 149 cm³/mol. The lowest BCUT2D eigenvalue weighted by Gasteiger charge is -2.33. The smallest absolute Gasteiger partial charge is 0.364 e. The molecule has 1 saturated heterocycles. The molecule has 0 bridgehead atoms. The molecule has 0 atom stereocenters. The molecule has 0 saturated carbocycles. The minimum Gasteiger partial charge on any atom is -0.364 e. The van der Waals surface area contributed by atoms with Gasteiger partial charge < -0.3 is 9.80 Å². The lowest BCUT2D eigenvalue weighted by Crippen LogP contribution is -2.36. The highest BCUT2D eigenvalue weighted by atomic mass is 19.4. The summed E-state index contributed by atoms with van der Waals surface area (Å²) >= 11 is 0. The number of hydrogen-bond acceptors (Lipinski definition) is 5. The van der Waals surface area contributed by atoms with E-state index in [1.54, 1.807) is 24.7 Å². The number of benzene rings is 1. The molecule has 2 aromatic heterocycles. The highest BCUT2D eigenvalue weighted by Crippen LogP contribution is 2.34. The SMILES string of the molecule is C=N/N=C\N(C)CCc1cccc(-n2cc3c(C(F)(F)F)cc(CN4CCC(CN(C)C)CC4)cn3c2=O)c1. The number of likely N-dealkylation sites (N-methyl/N-ethyl adjacent to an activating group) is 1. The molecule has 4 rings (SSSR count). The van der Waals surface area contributed by atoms with Crippen molar-refractivity contribution in [2.75, 3.05) is 47.3 Å². The summed E-state index contributed by atoms with van der Waals surface area (Å²) in [6.07, 6.45) is 2.48. The number of fused-ring (bicyclic) bond motifs is 1. The van der Waals surface area contributed by atoms with Gasteiger partial charge in [0.25, 0.3) is 0 Å². The summed E-state index contributed by atoms with van der Waals surface area (Å²) in [5.74, 6) is 0.592. The van der Waals surface area contributed by atoms with Crippen LogP contribution in [0, 0.1) is 5.92 Å². The number of alkyl halides is 3. The molecule has 1 fully saturated rings. The van der Waals surface area contributed by atoms with Gasteiger partial charge in [-0.2, -0.15) is 18.3 Å². The number of likely N-dealkylation sites (tertiary alicyclic amines) is 1. The van der Waals surface area contributed by atoms with Crippen molar-refractivity contribution < 1.29 is 13.2 Å². The molecule has 0 radical (unpaired) electrons. The van der Waals surface area contributed by atoms with Crippen molar-refractivity contribution >= 4 is 18.6 Å². The average molecular weight is 544 g/mol. The Hall–Kier alpha value is -3.44. The first-order valence-corrected chi connectivity index (χ1v) is 13.0. The molecule has 3 aromatic rings. The van der Waals surface area contributed by atoms with Crippen LogP contribution >= 0.6 is 0 Å². The molecule has 0 N–H and O–H groups in total. The topological polar surface area (TPSA) is 60.9 Å². The van der Waals surface area contributed by atoms with Gasteiger partial charge in [-0.25, -0.2) is 4.79 Å². The van der Waals surface area contributed by atoms with Crippen LogP contribution in [0.15, 0.2) is 57.7 Å². The summed E-state index contributed by atoms with van der Waals surface area (Å²) < 4.78 is 44.9. The van der Waals surface area contributed by atoms with E-state index in [0.29, 0.717) is 36.7 Å². The van der Waals surface area contributed by atoms with E-state index in [0.717, 1.165) is 42.4 Å². The zero-order chi connectivity index (χ0) is 28.2. The summed E-state index contributed by atoms with van der Waals surface area (Å²) in [6.45, 7) is 6.99. The Morgan fingerprint density at radius 2 is 1.85 bits per heavy atom. The molecule has 210 valence electrons. The van der Waals surface area contributed by atoms with Gasteiger partial charge in [0.05, 0.1) is 16.8 Å². The molecule has 8 nitrogen and oxygen atoms in total. The van der Waals surface area contributed by atoms with E-state index in [1.165, 1.54) is 16.8 Å². The van der Waals surface area contributed by atoms with E-state index >= 15 is 0 Å². The third-order valence-corrected chi connectivity index (χ3v) is 7.14. The predicted octanol–water partition coefficient (Wildman–Crippen LogP) is 4.00. The molecule has 1 aliphatic heterocycles. The van der Waals surface area contributed by atoms with Crippen LogP contribution in [0.3, 0.4) is 0 Å². The normalized spacial score (nSPS) is 15.6. The van der Waals surface area contributed by atoms with Crippen molar-refractivity contribution in [2.45, 2.75) is 32.0 Å². The summed E-state index contributed by atoms with van der Waals surface area (Å²) in [4.78, 5) is 19.6. The summed E-state index contributed by atoms with van der Waals surface area (Å²) in [5.41, 5.74) is 0.456. The maximum atomic E-state index is 14.2. The van der Waals surface area contributed by atoms with Gasteiger partial charge in [-0.1, -0.05) is 12.1 Å². The van der Waals surface area contributed by atoms with E-state index in [-0.39, 0.29) is 5.52 Å². The van der Waals surface area contributed by atoms with Gasteiger partial charge >= 0.3 is 11.9 Å². The third-order valence-electron chi connectivity index (χ3n) is 7.14. The molecule has 1 aliphatic rings. The third kappa shape index (κ3) is 7.15. The molecule has 0 spiro atoms. The Morgan fingerprint density at radius 3 is 2.51 bits per heavy atom. The summed E-state index contributed by atoms with van der Waals surface area (Å²) in [6, 6.07) is 8.46. The molecule has 1 aromatic carbocycles. The van der Waals surface area contributed by atoms with E-state index < -0.39 is 17.4 Å². The van der Waals surface area contributed by atoms with Gasteiger partial charge in [0.15, 0.2) is 0 Å². The maximum absolute atomic E-state index is 14.2. The van der Waals surface area contributed by atoms with E-state index in [2.05, 4.69) is 40.8 Å². The number of halogens is 3. The number of piperidine rings is 1. The van der Waals surface area contributed by atoms with Gasteiger partial charge in [-0.3, -0.25) is 13.9 Å². The van der Waals surface area contributed by atoms with Gasteiger partial charge in [0.2, 0.25) is 0 Å². The van der Waals surface area contributed by atoms with Crippen LogP contribution < -0.4 is 5.69 Å². The van der Waals surface area contributed by atoms with Gasteiger partial charge in [0.1, 0.15) is 6.34 Å². The van der Waals surface area contributed by atoms with Crippen molar-refractivity contribution in [1.29, 1.82) is 0 Å². The van der Waals surface area contributed by atoms with Crippen LogP contribution in [0.5, 0.6) is 0 Å². The lowest BCUT2D eigenvalue weighted by molar-refractivity contribution is -0.136. The van der Waals surface area contributed by atoms with Gasteiger partial charge in [0, 0.05) is 45.8 Å². The van der Waals surface area contributed by atoms with E-state index in [9.17, 15) is 18.0 Å². The highest BCUT2D eigenvalue weighted by molar-refractivity contribution is 5.58. The zero-order valence-electron chi connectivity index (χ0n) is 22.7. The monoisotopic (exact) mass is 543 g/mol. The first kappa shape index (κ1) is 28.6. The number of imidazole rings is 1. The standard InChI is InChI=1S/C28H36F3N7O/c1-32-33-20-35(4)11-8-21-6-5-7-24(14-21)37-19-26-25(28(29,30)31)15-23(18-38(26)27(37)39)17-36-12-9-22(10-13-36)16-34(2)3/h5-7,14-15,18-20,22H,1,8-13,16-17H2,2-4H3/b33-20-. The fourth-order valence-corrected chi connectivity index (χ4v) is 5.20. The fraction of sp³-hybridized carbons (Fsp3) is 0.464. The molecule has 0 aliphatic carbocycles. The van der Waals surface area contributed by atoms with Crippen LogP contribution in [0.25, 0.3) is 11.2 Å².